The van der Waals surface area contributed by atoms with Gasteiger partial charge in [-0.25, -0.2) is 9.78 Å². The lowest BCUT2D eigenvalue weighted by Crippen LogP contribution is -2.34. The van der Waals surface area contributed by atoms with Crippen molar-refractivity contribution in [3.63, 3.8) is 0 Å². The fraction of sp³-hybridized carbons (Fsp3) is 0.385. The maximum atomic E-state index is 5.30. The average molecular weight is 236 g/mol. The van der Waals surface area contributed by atoms with Crippen LogP contribution in [0.2, 0.25) is 0 Å². The van der Waals surface area contributed by atoms with Crippen molar-refractivity contribution in [2.75, 3.05) is 6.23 Å². The van der Waals surface area contributed by atoms with Crippen molar-refractivity contribution in [1.29, 1.82) is 0 Å². The Morgan fingerprint density at radius 3 is 2.38 bits per heavy atom. The molecule has 0 amide bonds. The SMILES string of the molecule is C=C[SiH](COOC(C)(C)C)c1ccccc1. The zero-order valence-electron chi connectivity index (χ0n) is 10.3. The van der Waals surface area contributed by atoms with Crippen molar-refractivity contribution in [2.24, 2.45) is 0 Å². The third-order valence-corrected chi connectivity index (χ3v) is 4.37. The molecule has 1 rings (SSSR count). The summed E-state index contributed by atoms with van der Waals surface area (Å²) in [5, 5.41) is 1.33. The predicted molar refractivity (Wildman–Crippen MR) is 70.2 cm³/mol. The van der Waals surface area contributed by atoms with Gasteiger partial charge in [-0.1, -0.05) is 41.2 Å². The molecule has 0 aromatic heterocycles. The van der Waals surface area contributed by atoms with E-state index in [1.807, 2.05) is 44.7 Å². The molecule has 0 fully saturated rings. The van der Waals surface area contributed by atoms with Crippen LogP contribution < -0.4 is 5.19 Å². The van der Waals surface area contributed by atoms with Crippen molar-refractivity contribution in [3.05, 3.63) is 42.6 Å². The summed E-state index contributed by atoms with van der Waals surface area (Å²) in [7, 11) is -1.24. The van der Waals surface area contributed by atoms with Gasteiger partial charge in [0.1, 0.15) is 8.80 Å². The average Bonchev–Trinajstić information content (AvgIpc) is 2.24. The fourth-order valence-electron chi connectivity index (χ4n) is 1.28. The predicted octanol–water partition coefficient (Wildman–Crippen LogP) is 2.13. The second-order valence-corrected chi connectivity index (χ2v) is 7.42. The fourth-order valence-corrected chi connectivity index (χ4v) is 2.82. The Kier molecular flexibility index (Phi) is 4.93. The highest BCUT2D eigenvalue weighted by molar-refractivity contribution is 6.77. The molecule has 1 atom stereocenters. The molecule has 1 unspecified atom stereocenters. The molecule has 3 heteroatoms. The van der Waals surface area contributed by atoms with E-state index in [0.29, 0.717) is 6.23 Å². The highest BCUT2D eigenvalue weighted by Gasteiger charge is 2.14. The lowest BCUT2D eigenvalue weighted by atomic mass is 10.2. The highest BCUT2D eigenvalue weighted by atomic mass is 28.3. The number of benzene rings is 1. The minimum Gasteiger partial charge on any atom is -0.239 e. The summed E-state index contributed by atoms with van der Waals surface area (Å²) in [5.74, 6) is 0. The quantitative estimate of drug-likeness (QED) is 0.443. The Morgan fingerprint density at radius 2 is 1.88 bits per heavy atom. The highest BCUT2D eigenvalue weighted by Crippen LogP contribution is 2.07. The van der Waals surface area contributed by atoms with E-state index >= 15 is 0 Å². The maximum absolute atomic E-state index is 5.30. The molecule has 0 spiro atoms. The van der Waals surface area contributed by atoms with Gasteiger partial charge in [0.15, 0.2) is 0 Å². The first kappa shape index (κ1) is 13.2. The van der Waals surface area contributed by atoms with Gasteiger partial charge in [0.2, 0.25) is 0 Å². The topological polar surface area (TPSA) is 18.5 Å². The molecule has 0 aliphatic heterocycles. The Balaban J connectivity index is 2.48. The van der Waals surface area contributed by atoms with E-state index in [-0.39, 0.29) is 5.60 Å². The van der Waals surface area contributed by atoms with Crippen LogP contribution in [0, 0.1) is 0 Å². The molecule has 0 saturated carbocycles. The second kappa shape index (κ2) is 5.99. The van der Waals surface area contributed by atoms with Gasteiger partial charge in [-0.2, -0.15) is 0 Å². The first-order chi connectivity index (χ1) is 7.53. The molecule has 0 saturated heterocycles. The van der Waals surface area contributed by atoms with Crippen molar-refractivity contribution >= 4 is 14.0 Å². The molecule has 2 nitrogen and oxygen atoms in total. The molecule has 0 heterocycles. The molecule has 88 valence electrons. The summed E-state index contributed by atoms with van der Waals surface area (Å²) in [6.45, 7) is 9.80. The molecular weight excluding hydrogens is 216 g/mol. The lowest BCUT2D eigenvalue weighted by Gasteiger charge is -2.19. The van der Waals surface area contributed by atoms with E-state index in [4.69, 9.17) is 9.78 Å². The van der Waals surface area contributed by atoms with E-state index in [2.05, 4.69) is 18.7 Å². The van der Waals surface area contributed by atoms with Crippen molar-refractivity contribution < 1.29 is 9.78 Å². The van der Waals surface area contributed by atoms with E-state index in [1.165, 1.54) is 5.19 Å². The molecule has 0 bridgehead atoms. The Hall–Kier alpha value is -0.903. The summed E-state index contributed by atoms with van der Waals surface area (Å²) in [4.78, 5) is 10.6. The van der Waals surface area contributed by atoms with E-state index < -0.39 is 8.80 Å². The minimum atomic E-state index is -1.24. The summed E-state index contributed by atoms with van der Waals surface area (Å²) in [5.41, 5.74) is 1.76. The second-order valence-electron chi connectivity index (χ2n) is 4.73. The van der Waals surface area contributed by atoms with Crippen LogP contribution in [-0.2, 0) is 9.78 Å². The number of rotatable bonds is 5. The molecule has 0 N–H and O–H groups in total. The van der Waals surface area contributed by atoms with Crippen molar-refractivity contribution in [3.8, 4) is 0 Å². The summed E-state index contributed by atoms with van der Waals surface area (Å²) >= 11 is 0. The van der Waals surface area contributed by atoms with Gasteiger partial charge in [-0.15, -0.1) is 6.58 Å². The van der Waals surface area contributed by atoms with Crippen molar-refractivity contribution in [2.45, 2.75) is 26.4 Å². The van der Waals surface area contributed by atoms with E-state index in [0.717, 1.165) is 0 Å². The Labute approximate surface area is 99.4 Å². The van der Waals surface area contributed by atoms with Crippen LogP contribution in [0.25, 0.3) is 0 Å². The van der Waals surface area contributed by atoms with Gasteiger partial charge < -0.3 is 0 Å². The minimum absolute atomic E-state index is 0.253. The molecule has 0 radical (unpaired) electrons. The first-order valence-corrected chi connectivity index (χ1v) is 7.57. The number of hydrogen-bond acceptors (Lipinski definition) is 2. The lowest BCUT2D eigenvalue weighted by molar-refractivity contribution is -0.337. The molecule has 1 aromatic rings. The number of hydrogen-bond donors (Lipinski definition) is 0. The zero-order valence-corrected chi connectivity index (χ0v) is 11.4. The van der Waals surface area contributed by atoms with Gasteiger partial charge in [0.05, 0.1) is 11.8 Å². The van der Waals surface area contributed by atoms with Crippen LogP contribution in [0.5, 0.6) is 0 Å². The van der Waals surface area contributed by atoms with Gasteiger partial charge in [0.25, 0.3) is 0 Å². The van der Waals surface area contributed by atoms with Crippen LogP contribution >= 0.6 is 0 Å². The van der Waals surface area contributed by atoms with Gasteiger partial charge in [-0.05, 0) is 20.8 Å². The summed E-state index contributed by atoms with van der Waals surface area (Å²) in [6.07, 6.45) is 0.630. The normalized spacial score (nSPS) is 13.4. The molecular formula is C13H20O2Si. The monoisotopic (exact) mass is 236 g/mol. The van der Waals surface area contributed by atoms with Crippen LogP contribution in [0.15, 0.2) is 42.6 Å². The van der Waals surface area contributed by atoms with Crippen LogP contribution in [0.3, 0.4) is 0 Å². The van der Waals surface area contributed by atoms with Gasteiger partial charge in [-0.3, -0.25) is 0 Å². The van der Waals surface area contributed by atoms with Gasteiger partial charge in [0, 0.05) is 0 Å². The largest absolute Gasteiger partial charge is 0.239 e. The van der Waals surface area contributed by atoms with Crippen molar-refractivity contribution in [1.82, 2.24) is 0 Å². The molecule has 0 aliphatic carbocycles. The summed E-state index contributed by atoms with van der Waals surface area (Å²) < 4.78 is 0. The van der Waals surface area contributed by atoms with E-state index in [9.17, 15) is 0 Å². The third kappa shape index (κ3) is 4.75. The summed E-state index contributed by atoms with van der Waals surface area (Å²) in [6, 6.07) is 10.4. The Morgan fingerprint density at radius 1 is 1.25 bits per heavy atom. The molecule has 1 aromatic carbocycles. The molecule has 16 heavy (non-hydrogen) atoms. The van der Waals surface area contributed by atoms with Crippen LogP contribution in [0.1, 0.15) is 20.8 Å². The van der Waals surface area contributed by atoms with Crippen LogP contribution in [0.4, 0.5) is 0 Å². The zero-order chi connectivity index (χ0) is 12.0. The smallest absolute Gasteiger partial charge is 0.126 e. The Bertz CT molecular complexity index is 316. The first-order valence-electron chi connectivity index (χ1n) is 5.51. The molecule has 0 aliphatic rings. The van der Waals surface area contributed by atoms with Gasteiger partial charge >= 0.3 is 0 Å². The van der Waals surface area contributed by atoms with E-state index in [1.54, 1.807) is 0 Å². The third-order valence-electron chi connectivity index (χ3n) is 2.07. The standard InChI is InChI=1S/C13H20O2Si/c1-5-16(11-14-15-13(2,3)4)12-9-7-6-8-10-12/h5-10,16H,1,11H2,2-4H3. The maximum Gasteiger partial charge on any atom is 0.126 e. The van der Waals surface area contributed by atoms with Crippen LogP contribution in [-0.4, -0.2) is 20.6 Å².